The fraction of sp³-hybridized carbons (Fsp3) is 0.625. The molecule has 1 aliphatic heterocycles. The molecular weight excluding hydrogens is 314 g/mol. The summed E-state index contributed by atoms with van der Waals surface area (Å²) in [6.07, 6.45) is 2.84. The van der Waals surface area contributed by atoms with Crippen LogP contribution in [0.15, 0.2) is 22.7 Å². The van der Waals surface area contributed by atoms with Crippen molar-refractivity contribution in [3.63, 3.8) is 0 Å². The lowest BCUT2D eigenvalue weighted by molar-refractivity contribution is 0.248. The van der Waals surface area contributed by atoms with E-state index in [1.807, 2.05) is 0 Å². The van der Waals surface area contributed by atoms with E-state index >= 15 is 0 Å². The van der Waals surface area contributed by atoms with E-state index in [-0.39, 0.29) is 0 Å². The molecule has 0 amide bonds. The van der Waals surface area contributed by atoms with E-state index < -0.39 is 0 Å². The van der Waals surface area contributed by atoms with Crippen molar-refractivity contribution in [2.24, 2.45) is 0 Å². The van der Waals surface area contributed by atoms with E-state index in [1.165, 1.54) is 41.7 Å². The fourth-order valence-corrected chi connectivity index (χ4v) is 3.63. The predicted molar refractivity (Wildman–Crippen MR) is 88.3 cm³/mol. The second kappa shape index (κ2) is 6.46. The Kier molecular flexibility index (Phi) is 4.64. The van der Waals surface area contributed by atoms with Gasteiger partial charge in [-0.1, -0.05) is 13.0 Å². The smallest absolute Gasteiger partial charge is 0.0511 e. The molecule has 20 heavy (non-hydrogen) atoms. The van der Waals surface area contributed by atoms with Crippen LogP contribution in [0.1, 0.15) is 25.3 Å². The van der Waals surface area contributed by atoms with Gasteiger partial charge in [0.1, 0.15) is 0 Å². The largest absolute Gasteiger partial charge is 0.368 e. The molecule has 1 saturated carbocycles. The quantitative estimate of drug-likeness (QED) is 0.891. The number of nitrogens with zero attached hydrogens (tertiary/aromatic N) is 2. The summed E-state index contributed by atoms with van der Waals surface area (Å²) < 4.78 is 1.23. The summed E-state index contributed by atoms with van der Waals surface area (Å²) in [5, 5.41) is 3.37. The average molecular weight is 338 g/mol. The van der Waals surface area contributed by atoms with Gasteiger partial charge < -0.3 is 10.2 Å². The van der Waals surface area contributed by atoms with Crippen LogP contribution in [0.2, 0.25) is 0 Å². The molecule has 0 unspecified atom stereocenters. The third-order valence-electron chi connectivity index (χ3n) is 4.31. The molecule has 1 aromatic carbocycles. The van der Waals surface area contributed by atoms with E-state index in [2.05, 4.69) is 56.2 Å². The Labute approximate surface area is 130 Å². The molecule has 0 atom stereocenters. The minimum Gasteiger partial charge on any atom is -0.368 e. The molecule has 0 spiro atoms. The average Bonchev–Trinajstić information content (AvgIpc) is 3.30. The van der Waals surface area contributed by atoms with Gasteiger partial charge >= 0.3 is 0 Å². The van der Waals surface area contributed by atoms with Crippen molar-refractivity contribution in [2.45, 2.75) is 32.4 Å². The van der Waals surface area contributed by atoms with Crippen LogP contribution in [-0.2, 0) is 6.54 Å². The van der Waals surface area contributed by atoms with Crippen molar-refractivity contribution >= 4 is 21.6 Å². The molecule has 1 aromatic rings. The molecule has 2 aliphatic rings. The summed E-state index contributed by atoms with van der Waals surface area (Å²) in [6, 6.07) is 7.67. The molecule has 3 nitrogen and oxygen atoms in total. The highest BCUT2D eigenvalue weighted by molar-refractivity contribution is 9.10. The van der Waals surface area contributed by atoms with E-state index in [0.717, 1.165) is 32.2 Å². The highest BCUT2D eigenvalue weighted by Gasteiger charge is 2.31. The SMILES string of the molecule is CCNCc1ccc(N2CCN(C3CC3)CC2)c(Br)c1. The first kappa shape index (κ1) is 14.4. The maximum absolute atomic E-state index is 3.75. The molecule has 0 radical (unpaired) electrons. The molecule has 1 aliphatic carbocycles. The van der Waals surface area contributed by atoms with Crippen LogP contribution < -0.4 is 10.2 Å². The zero-order chi connectivity index (χ0) is 13.9. The summed E-state index contributed by atoms with van der Waals surface area (Å²) in [7, 11) is 0. The lowest BCUT2D eigenvalue weighted by atomic mass is 10.1. The minimum atomic E-state index is 0.906. The van der Waals surface area contributed by atoms with Crippen molar-refractivity contribution in [3.8, 4) is 0 Å². The normalized spacial score (nSPS) is 20.4. The van der Waals surface area contributed by atoms with Crippen molar-refractivity contribution in [1.82, 2.24) is 10.2 Å². The zero-order valence-electron chi connectivity index (χ0n) is 12.2. The van der Waals surface area contributed by atoms with Crippen LogP contribution in [0.4, 0.5) is 5.69 Å². The molecule has 110 valence electrons. The van der Waals surface area contributed by atoms with Crippen LogP contribution in [0, 0.1) is 0 Å². The van der Waals surface area contributed by atoms with Gasteiger partial charge in [0.2, 0.25) is 0 Å². The lowest BCUT2D eigenvalue weighted by Gasteiger charge is -2.36. The van der Waals surface area contributed by atoms with E-state index in [4.69, 9.17) is 0 Å². The number of benzene rings is 1. The summed E-state index contributed by atoms with van der Waals surface area (Å²) in [5.74, 6) is 0. The van der Waals surface area contributed by atoms with E-state index in [1.54, 1.807) is 0 Å². The number of halogens is 1. The maximum atomic E-state index is 3.75. The first-order chi connectivity index (χ1) is 9.78. The Morgan fingerprint density at radius 1 is 1.20 bits per heavy atom. The van der Waals surface area contributed by atoms with Crippen LogP contribution >= 0.6 is 15.9 Å². The van der Waals surface area contributed by atoms with Gasteiger partial charge in [-0.2, -0.15) is 0 Å². The molecule has 4 heteroatoms. The summed E-state index contributed by atoms with van der Waals surface area (Å²) >= 11 is 3.75. The van der Waals surface area contributed by atoms with Gasteiger partial charge in [0.15, 0.2) is 0 Å². The van der Waals surface area contributed by atoms with Gasteiger partial charge in [-0.05, 0) is 53.0 Å². The fourth-order valence-electron chi connectivity index (χ4n) is 2.95. The monoisotopic (exact) mass is 337 g/mol. The third kappa shape index (κ3) is 3.35. The standard InChI is InChI=1S/C16H24BrN3/c1-2-18-12-13-3-6-16(15(17)11-13)20-9-7-19(8-10-20)14-4-5-14/h3,6,11,14,18H,2,4-5,7-10,12H2,1H3. The molecule has 1 heterocycles. The van der Waals surface area contributed by atoms with Crippen LogP contribution in [0.25, 0.3) is 0 Å². The van der Waals surface area contributed by atoms with Crippen molar-refractivity contribution in [1.29, 1.82) is 0 Å². The molecule has 0 bridgehead atoms. The van der Waals surface area contributed by atoms with Gasteiger partial charge in [0.25, 0.3) is 0 Å². The molecule has 0 aromatic heterocycles. The number of piperazine rings is 1. The number of anilines is 1. The highest BCUT2D eigenvalue weighted by atomic mass is 79.9. The van der Waals surface area contributed by atoms with Gasteiger partial charge in [0, 0.05) is 43.2 Å². The van der Waals surface area contributed by atoms with Crippen LogP contribution in [-0.4, -0.2) is 43.7 Å². The summed E-state index contributed by atoms with van der Waals surface area (Å²) in [5.41, 5.74) is 2.69. The second-order valence-electron chi connectivity index (χ2n) is 5.82. The lowest BCUT2D eigenvalue weighted by Crippen LogP contribution is -2.47. The van der Waals surface area contributed by atoms with Gasteiger partial charge in [-0.15, -0.1) is 0 Å². The third-order valence-corrected chi connectivity index (χ3v) is 4.94. The van der Waals surface area contributed by atoms with E-state index in [9.17, 15) is 0 Å². The molecule has 1 saturated heterocycles. The first-order valence-corrected chi connectivity index (χ1v) is 8.55. The molecule has 3 rings (SSSR count). The molecule has 2 fully saturated rings. The second-order valence-corrected chi connectivity index (χ2v) is 6.67. The Hall–Kier alpha value is -0.580. The Morgan fingerprint density at radius 3 is 2.55 bits per heavy atom. The van der Waals surface area contributed by atoms with Crippen LogP contribution in [0.5, 0.6) is 0 Å². The topological polar surface area (TPSA) is 18.5 Å². The van der Waals surface area contributed by atoms with E-state index in [0.29, 0.717) is 0 Å². The van der Waals surface area contributed by atoms with Crippen molar-refractivity contribution in [2.75, 3.05) is 37.6 Å². The van der Waals surface area contributed by atoms with Crippen molar-refractivity contribution in [3.05, 3.63) is 28.2 Å². The van der Waals surface area contributed by atoms with Crippen molar-refractivity contribution < 1.29 is 0 Å². The Balaban J connectivity index is 1.61. The highest BCUT2D eigenvalue weighted by Crippen LogP contribution is 2.31. The molecular formula is C16H24BrN3. The minimum absolute atomic E-state index is 0.906. The maximum Gasteiger partial charge on any atom is 0.0511 e. The van der Waals surface area contributed by atoms with Gasteiger partial charge in [-0.3, -0.25) is 4.90 Å². The number of hydrogen-bond donors (Lipinski definition) is 1. The summed E-state index contributed by atoms with van der Waals surface area (Å²) in [4.78, 5) is 5.17. The van der Waals surface area contributed by atoms with Gasteiger partial charge in [0.05, 0.1) is 5.69 Å². The Morgan fingerprint density at radius 2 is 1.95 bits per heavy atom. The number of hydrogen-bond acceptors (Lipinski definition) is 3. The number of rotatable bonds is 5. The zero-order valence-corrected chi connectivity index (χ0v) is 13.8. The van der Waals surface area contributed by atoms with Gasteiger partial charge in [-0.25, -0.2) is 0 Å². The first-order valence-electron chi connectivity index (χ1n) is 7.76. The molecule has 1 N–H and O–H groups in total. The van der Waals surface area contributed by atoms with Crippen LogP contribution in [0.3, 0.4) is 0 Å². The Bertz CT molecular complexity index is 451. The number of nitrogens with one attached hydrogen (secondary N) is 1. The predicted octanol–water partition coefficient (Wildman–Crippen LogP) is 2.84. The summed E-state index contributed by atoms with van der Waals surface area (Å²) in [6.45, 7) is 8.85.